The Morgan fingerprint density at radius 2 is 2.00 bits per heavy atom. The molecule has 2 aromatic heterocycles. The number of ether oxygens (including phenoxy) is 1. The molecular weight excluding hydrogens is 338 g/mol. The minimum absolute atomic E-state index is 0.106. The van der Waals surface area contributed by atoms with Crippen LogP contribution in [0.1, 0.15) is 5.82 Å². The zero-order valence-corrected chi connectivity index (χ0v) is 14.5. The van der Waals surface area contributed by atoms with Gasteiger partial charge in [-0.15, -0.1) is 0 Å². The van der Waals surface area contributed by atoms with Gasteiger partial charge >= 0.3 is 0 Å². The molecule has 2 heterocycles. The van der Waals surface area contributed by atoms with Gasteiger partial charge in [-0.2, -0.15) is 0 Å². The number of rotatable bonds is 4. The van der Waals surface area contributed by atoms with E-state index in [1.165, 1.54) is 11.8 Å². The van der Waals surface area contributed by atoms with Gasteiger partial charge in [0.05, 0.1) is 23.9 Å². The largest absolute Gasteiger partial charge is 0.497 e. The van der Waals surface area contributed by atoms with Gasteiger partial charge in [0.15, 0.2) is 5.58 Å². The molecule has 0 saturated carbocycles. The maximum absolute atomic E-state index is 12.8. The Balaban J connectivity index is 1.69. The van der Waals surface area contributed by atoms with Crippen LogP contribution in [0.25, 0.3) is 22.0 Å². The summed E-state index contributed by atoms with van der Waals surface area (Å²) in [6.45, 7) is 1.82. The number of methoxy groups -OCH3 is 1. The molecule has 0 aliphatic rings. The molecular formula is C18H15N3O3S. The van der Waals surface area contributed by atoms with Crippen molar-refractivity contribution in [2.75, 3.05) is 7.11 Å². The first kappa shape index (κ1) is 15.7. The highest BCUT2D eigenvalue weighted by Crippen LogP contribution is 2.24. The van der Waals surface area contributed by atoms with Crippen LogP contribution in [-0.2, 0) is 5.88 Å². The summed E-state index contributed by atoms with van der Waals surface area (Å²) in [5.74, 6) is 1.65. The second-order valence-electron chi connectivity index (χ2n) is 5.50. The van der Waals surface area contributed by atoms with Crippen molar-refractivity contribution < 1.29 is 9.15 Å². The predicted molar refractivity (Wildman–Crippen MR) is 97.2 cm³/mol. The molecule has 0 bridgehead atoms. The fourth-order valence-corrected chi connectivity index (χ4v) is 3.48. The van der Waals surface area contributed by atoms with Crippen molar-refractivity contribution in [2.45, 2.75) is 18.0 Å². The predicted octanol–water partition coefficient (Wildman–Crippen LogP) is 3.60. The summed E-state index contributed by atoms with van der Waals surface area (Å²) >= 11 is 1.36. The summed E-state index contributed by atoms with van der Waals surface area (Å²) in [7, 11) is 1.57. The quantitative estimate of drug-likeness (QED) is 0.522. The van der Waals surface area contributed by atoms with Gasteiger partial charge in [-0.1, -0.05) is 12.1 Å². The zero-order chi connectivity index (χ0) is 17.4. The van der Waals surface area contributed by atoms with Crippen molar-refractivity contribution in [1.29, 1.82) is 0 Å². The van der Waals surface area contributed by atoms with Crippen LogP contribution in [0.5, 0.6) is 5.75 Å². The highest BCUT2D eigenvalue weighted by atomic mass is 32.2. The number of nitrogens with zero attached hydrogens (tertiary/aromatic N) is 3. The van der Waals surface area contributed by atoms with Gasteiger partial charge < -0.3 is 9.15 Å². The lowest BCUT2D eigenvalue weighted by Crippen LogP contribution is -2.23. The molecule has 0 radical (unpaired) electrons. The highest BCUT2D eigenvalue weighted by molar-refractivity contribution is 7.98. The van der Waals surface area contributed by atoms with Crippen LogP contribution in [0.4, 0.5) is 0 Å². The number of fused-ring (bicyclic) bond motifs is 2. The summed E-state index contributed by atoms with van der Waals surface area (Å²) in [4.78, 5) is 21.7. The van der Waals surface area contributed by atoms with E-state index in [1.54, 1.807) is 29.9 Å². The number of hydrogen-bond donors (Lipinski definition) is 0. The van der Waals surface area contributed by atoms with Crippen LogP contribution in [-0.4, -0.2) is 21.6 Å². The number of aryl methyl sites for hydroxylation is 1. The standard InChI is InChI=1S/C18H15N3O3S/c1-11-19-14-8-7-12(23-2)9-13(14)17(22)21(11)10-25-18-20-15-5-3-4-6-16(15)24-18/h3-9H,10H2,1-2H3. The summed E-state index contributed by atoms with van der Waals surface area (Å²) in [5.41, 5.74) is 2.09. The Hall–Kier alpha value is -2.80. The Labute approximate surface area is 147 Å². The number of thioether (sulfide) groups is 1. The lowest BCUT2D eigenvalue weighted by Gasteiger charge is -2.10. The molecule has 0 spiro atoms. The summed E-state index contributed by atoms with van der Waals surface area (Å²) < 4.78 is 12.5. The van der Waals surface area contributed by atoms with Gasteiger partial charge in [-0.05, 0) is 49.0 Å². The zero-order valence-electron chi connectivity index (χ0n) is 13.7. The number of para-hydroxylation sites is 2. The van der Waals surface area contributed by atoms with Gasteiger partial charge in [0.2, 0.25) is 0 Å². The van der Waals surface area contributed by atoms with Gasteiger partial charge in [-0.3, -0.25) is 9.36 Å². The maximum atomic E-state index is 12.8. The highest BCUT2D eigenvalue weighted by Gasteiger charge is 2.12. The van der Waals surface area contributed by atoms with E-state index in [0.29, 0.717) is 33.6 Å². The van der Waals surface area contributed by atoms with Crippen molar-refractivity contribution >= 4 is 33.8 Å². The Morgan fingerprint density at radius 3 is 2.80 bits per heavy atom. The van der Waals surface area contributed by atoms with Gasteiger partial charge in [0.25, 0.3) is 10.8 Å². The number of oxazole rings is 1. The molecule has 0 atom stereocenters. The van der Waals surface area contributed by atoms with E-state index in [0.717, 1.165) is 11.1 Å². The monoisotopic (exact) mass is 353 g/mol. The minimum atomic E-state index is -0.106. The van der Waals surface area contributed by atoms with Gasteiger partial charge in [-0.25, -0.2) is 9.97 Å². The molecule has 126 valence electrons. The van der Waals surface area contributed by atoms with Crippen molar-refractivity contribution in [1.82, 2.24) is 14.5 Å². The molecule has 2 aromatic carbocycles. The number of benzene rings is 2. The fraction of sp³-hybridized carbons (Fsp3) is 0.167. The molecule has 25 heavy (non-hydrogen) atoms. The number of aromatic nitrogens is 3. The summed E-state index contributed by atoms with van der Waals surface area (Å²) in [5, 5.41) is 1.06. The lowest BCUT2D eigenvalue weighted by molar-refractivity contribution is 0.415. The first-order valence-electron chi connectivity index (χ1n) is 7.69. The van der Waals surface area contributed by atoms with E-state index in [1.807, 2.05) is 31.2 Å². The second-order valence-corrected chi connectivity index (χ2v) is 6.39. The maximum Gasteiger partial charge on any atom is 0.262 e. The fourth-order valence-electron chi connectivity index (χ4n) is 2.62. The molecule has 0 saturated heterocycles. The third-order valence-electron chi connectivity index (χ3n) is 3.94. The van der Waals surface area contributed by atoms with E-state index in [4.69, 9.17) is 9.15 Å². The molecule has 0 aliphatic heterocycles. The molecule has 0 amide bonds. The van der Waals surface area contributed by atoms with Crippen molar-refractivity contribution in [3.8, 4) is 5.75 Å². The molecule has 0 N–H and O–H groups in total. The Morgan fingerprint density at radius 1 is 1.16 bits per heavy atom. The topological polar surface area (TPSA) is 70.2 Å². The second kappa shape index (κ2) is 6.25. The van der Waals surface area contributed by atoms with Crippen LogP contribution in [0, 0.1) is 6.92 Å². The van der Waals surface area contributed by atoms with Crippen molar-refractivity contribution in [2.24, 2.45) is 0 Å². The molecule has 0 aliphatic carbocycles. The van der Waals surface area contributed by atoms with Crippen LogP contribution in [0.2, 0.25) is 0 Å². The van der Waals surface area contributed by atoms with Gasteiger partial charge in [0.1, 0.15) is 17.1 Å². The third kappa shape index (κ3) is 2.87. The van der Waals surface area contributed by atoms with Gasteiger partial charge in [0, 0.05) is 0 Å². The molecule has 0 unspecified atom stereocenters. The SMILES string of the molecule is COc1ccc2nc(C)n(CSc3nc4ccccc4o3)c(=O)c2c1. The number of hydrogen-bond acceptors (Lipinski definition) is 6. The van der Waals surface area contributed by atoms with Crippen molar-refractivity contribution in [3.05, 3.63) is 58.6 Å². The van der Waals surface area contributed by atoms with Crippen LogP contribution >= 0.6 is 11.8 Å². The average molecular weight is 353 g/mol. The average Bonchev–Trinajstić information content (AvgIpc) is 3.04. The first-order chi connectivity index (χ1) is 12.2. The van der Waals surface area contributed by atoms with Crippen LogP contribution < -0.4 is 10.3 Å². The Bertz CT molecular complexity index is 1100. The smallest absolute Gasteiger partial charge is 0.262 e. The minimum Gasteiger partial charge on any atom is -0.497 e. The molecule has 4 rings (SSSR count). The van der Waals surface area contributed by atoms with E-state index in [9.17, 15) is 4.79 Å². The van der Waals surface area contributed by atoms with E-state index >= 15 is 0 Å². The van der Waals surface area contributed by atoms with Crippen molar-refractivity contribution in [3.63, 3.8) is 0 Å². The molecule has 4 aromatic rings. The lowest BCUT2D eigenvalue weighted by atomic mass is 10.2. The van der Waals surface area contributed by atoms with E-state index in [2.05, 4.69) is 9.97 Å². The molecule has 0 fully saturated rings. The first-order valence-corrected chi connectivity index (χ1v) is 8.68. The normalized spacial score (nSPS) is 11.3. The summed E-state index contributed by atoms with van der Waals surface area (Å²) in [6, 6.07) is 12.9. The van der Waals surface area contributed by atoms with E-state index < -0.39 is 0 Å². The summed E-state index contributed by atoms with van der Waals surface area (Å²) in [6.07, 6.45) is 0. The van der Waals surface area contributed by atoms with E-state index in [-0.39, 0.29) is 5.56 Å². The third-order valence-corrected chi connectivity index (χ3v) is 4.75. The Kier molecular flexibility index (Phi) is 3.93. The molecule has 6 nitrogen and oxygen atoms in total. The van der Waals surface area contributed by atoms with Crippen LogP contribution in [0.3, 0.4) is 0 Å². The molecule has 7 heteroatoms. The van der Waals surface area contributed by atoms with Crippen LogP contribution in [0.15, 0.2) is 56.9 Å².